The van der Waals surface area contributed by atoms with Crippen LogP contribution in [-0.4, -0.2) is 39.9 Å². The first-order chi connectivity index (χ1) is 15.5. The maximum Gasteiger partial charge on any atom is 0.272 e. The number of carbonyl (C=O) groups is 1. The summed E-state index contributed by atoms with van der Waals surface area (Å²) in [5.74, 6) is -3.60. The highest BCUT2D eigenvalue weighted by atomic mass is 32.1. The van der Waals surface area contributed by atoms with Gasteiger partial charge in [0.1, 0.15) is 5.82 Å². The van der Waals surface area contributed by atoms with Gasteiger partial charge < -0.3 is 15.7 Å². The molecule has 3 N–H and O–H groups in total. The predicted molar refractivity (Wildman–Crippen MR) is 122 cm³/mol. The molecule has 0 unspecified atom stereocenters. The molecule has 2 aromatic heterocycles. The van der Waals surface area contributed by atoms with Crippen molar-refractivity contribution in [3.8, 4) is 0 Å². The Bertz CT molecular complexity index is 1160. The SMILES string of the molecule is CC(C)(O)c1ccc(NC(=O)c2ccsc2)c(F)c1Nc1cccc(CN2CC(F)(F)C2)n1. The average Bonchev–Trinajstić information content (AvgIpc) is 3.24. The number of nitrogens with one attached hydrogen (secondary N) is 2. The summed E-state index contributed by atoms with van der Waals surface area (Å²) in [6, 6.07) is 9.55. The lowest BCUT2D eigenvalue weighted by Gasteiger charge is -2.38. The second-order valence-electron chi connectivity index (χ2n) is 8.52. The molecule has 33 heavy (non-hydrogen) atoms. The Kier molecular flexibility index (Phi) is 6.17. The Labute approximate surface area is 193 Å². The third-order valence-corrected chi connectivity index (χ3v) is 5.87. The van der Waals surface area contributed by atoms with Gasteiger partial charge in [0.25, 0.3) is 11.8 Å². The summed E-state index contributed by atoms with van der Waals surface area (Å²) in [6.07, 6.45) is 0. The summed E-state index contributed by atoms with van der Waals surface area (Å²) in [6.45, 7) is 2.63. The molecular weight excluding hydrogens is 453 g/mol. The van der Waals surface area contributed by atoms with Crippen molar-refractivity contribution >= 4 is 34.4 Å². The van der Waals surface area contributed by atoms with Crippen molar-refractivity contribution in [3.05, 3.63) is 69.8 Å². The molecule has 1 amide bonds. The molecule has 0 saturated carbocycles. The lowest BCUT2D eigenvalue weighted by molar-refractivity contribution is -0.134. The van der Waals surface area contributed by atoms with Crippen LogP contribution in [0.1, 0.15) is 35.5 Å². The number of hydrogen-bond acceptors (Lipinski definition) is 6. The van der Waals surface area contributed by atoms with E-state index in [1.807, 2.05) is 0 Å². The van der Waals surface area contributed by atoms with E-state index >= 15 is 4.39 Å². The van der Waals surface area contributed by atoms with Gasteiger partial charge in [0.2, 0.25) is 0 Å². The number of thiophene rings is 1. The van der Waals surface area contributed by atoms with Crippen LogP contribution in [0.25, 0.3) is 0 Å². The zero-order chi connectivity index (χ0) is 23.8. The minimum absolute atomic E-state index is 0.0363. The van der Waals surface area contributed by atoms with Gasteiger partial charge in [-0.15, -0.1) is 0 Å². The van der Waals surface area contributed by atoms with Gasteiger partial charge >= 0.3 is 0 Å². The van der Waals surface area contributed by atoms with Crippen molar-refractivity contribution in [2.45, 2.75) is 31.9 Å². The number of pyridine rings is 1. The van der Waals surface area contributed by atoms with Crippen molar-refractivity contribution in [1.29, 1.82) is 0 Å². The van der Waals surface area contributed by atoms with E-state index in [9.17, 15) is 18.7 Å². The van der Waals surface area contributed by atoms with E-state index in [0.717, 1.165) is 0 Å². The second-order valence-corrected chi connectivity index (χ2v) is 9.30. The highest BCUT2D eigenvalue weighted by Crippen LogP contribution is 2.36. The topological polar surface area (TPSA) is 77.5 Å². The first-order valence-corrected chi connectivity index (χ1v) is 11.2. The third-order valence-electron chi connectivity index (χ3n) is 5.19. The standard InChI is InChI=1S/C23H23F3N4O2S/c1-22(2,32)16-6-7-17(28-21(31)14-8-9-33-11-14)19(24)20(16)29-18-5-3-4-15(27-18)10-30-12-23(25,26)13-30/h3-9,11,32H,10,12-13H2,1-2H3,(H,27,29)(H,28,31). The quantitative estimate of drug-likeness (QED) is 0.450. The van der Waals surface area contributed by atoms with Crippen LogP contribution in [0.4, 0.5) is 30.4 Å². The van der Waals surface area contributed by atoms with Crippen molar-refractivity contribution in [1.82, 2.24) is 9.88 Å². The highest BCUT2D eigenvalue weighted by molar-refractivity contribution is 7.08. The van der Waals surface area contributed by atoms with Crippen LogP contribution in [0.5, 0.6) is 0 Å². The number of halogens is 3. The summed E-state index contributed by atoms with van der Waals surface area (Å²) < 4.78 is 41.7. The summed E-state index contributed by atoms with van der Waals surface area (Å²) >= 11 is 1.35. The van der Waals surface area contributed by atoms with Gasteiger partial charge in [0.05, 0.1) is 41.3 Å². The first kappa shape index (κ1) is 23.2. The third kappa shape index (κ3) is 5.35. The zero-order valence-corrected chi connectivity index (χ0v) is 18.8. The number of nitrogens with zero attached hydrogens (tertiary/aromatic N) is 2. The summed E-state index contributed by atoms with van der Waals surface area (Å²) in [5, 5.41) is 19.4. The van der Waals surface area contributed by atoms with Gasteiger partial charge in [0, 0.05) is 17.5 Å². The minimum Gasteiger partial charge on any atom is -0.386 e. The van der Waals surface area contributed by atoms with E-state index in [0.29, 0.717) is 11.3 Å². The molecule has 1 aliphatic heterocycles. The van der Waals surface area contributed by atoms with E-state index in [2.05, 4.69) is 15.6 Å². The Morgan fingerprint density at radius 2 is 2.00 bits per heavy atom. The minimum atomic E-state index is -2.67. The van der Waals surface area contributed by atoms with Crippen molar-refractivity contribution in [2.24, 2.45) is 0 Å². The molecule has 0 radical (unpaired) electrons. The number of benzene rings is 1. The maximum atomic E-state index is 15.5. The van der Waals surface area contributed by atoms with Crippen LogP contribution >= 0.6 is 11.3 Å². The Balaban J connectivity index is 1.60. The molecule has 0 atom stereocenters. The van der Waals surface area contributed by atoms with E-state index in [1.165, 1.54) is 37.3 Å². The van der Waals surface area contributed by atoms with E-state index < -0.39 is 23.2 Å². The van der Waals surface area contributed by atoms with Gasteiger partial charge in [-0.1, -0.05) is 12.1 Å². The number of amides is 1. The maximum absolute atomic E-state index is 15.5. The number of anilines is 3. The number of carbonyl (C=O) groups excluding carboxylic acids is 1. The van der Waals surface area contributed by atoms with E-state index in [1.54, 1.807) is 39.9 Å². The fourth-order valence-corrected chi connectivity index (χ4v) is 4.24. The summed E-state index contributed by atoms with van der Waals surface area (Å²) in [7, 11) is 0. The molecule has 1 aliphatic rings. The normalized spacial score (nSPS) is 15.7. The molecule has 0 bridgehead atoms. The number of alkyl halides is 2. The molecule has 1 aromatic carbocycles. The molecule has 6 nitrogen and oxygen atoms in total. The second kappa shape index (κ2) is 8.77. The van der Waals surface area contributed by atoms with Gasteiger partial charge in [-0.2, -0.15) is 11.3 Å². The monoisotopic (exact) mass is 476 g/mol. The predicted octanol–water partition coefficient (Wildman–Crippen LogP) is 4.96. The van der Waals surface area contributed by atoms with Crippen LogP contribution in [-0.2, 0) is 12.1 Å². The Hall–Kier alpha value is -2.95. The molecule has 10 heteroatoms. The molecule has 1 saturated heterocycles. The molecule has 0 aliphatic carbocycles. The molecule has 0 spiro atoms. The molecule has 1 fully saturated rings. The van der Waals surface area contributed by atoms with Crippen LogP contribution in [0.2, 0.25) is 0 Å². The zero-order valence-electron chi connectivity index (χ0n) is 18.0. The smallest absolute Gasteiger partial charge is 0.272 e. The Morgan fingerprint density at radius 1 is 1.24 bits per heavy atom. The van der Waals surface area contributed by atoms with Crippen molar-refractivity contribution in [3.63, 3.8) is 0 Å². The average molecular weight is 477 g/mol. The van der Waals surface area contributed by atoms with Crippen LogP contribution in [0.3, 0.4) is 0 Å². The number of likely N-dealkylation sites (tertiary alicyclic amines) is 1. The van der Waals surface area contributed by atoms with Gasteiger partial charge in [0.15, 0.2) is 5.82 Å². The molecular formula is C23H23F3N4O2S. The van der Waals surface area contributed by atoms with Crippen LogP contribution in [0.15, 0.2) is 47.2 Å². The molecule has 3 aromatic rings. The van der Waals surface area contributed by atoms with Crippen molar-refractivity contribution in [2.75, 3.05) is 23.7 Å². The van der Waals surface area contributed by atoms with Gasteiger partial charge in [-0.3, -0.25) is 9.69 Å². The van der Waals surface area contributed by atoms with Crippen LogP contribution in [0, 0.1) is 5.82 Å². The first-order valence-electron chi connectivity index (χ1n) is 10.2. The lowest BCUT2D eigenvalue weighted by Crippen LogP contribution is -2.55. The molecule has 4 rings (SSSR count). The Morgan fingerprint density at radius 3 is 2.64 bits per heavy atom. The molecule has 174 valence electrons. The highest BCUT2D eigenvalue weighted by Gasteiger charge is 2.43. The van der Waals surface area contributed by atoms with E-state index in [4.69, 9.17) is 0 Å². The fraction of sp³-hybridized carbons (Fsp3) is 0.304. The van der Waals surface area contributed by atoms with E-state index in [-0.39, 0.29) is 42.4 Å². The summed E-state index contributed by atoms with van der Waals surface area (Å²) in [5.41, 5.74) is -0.261. The number of aliphatic hydroxyl groups is 1. The van der Waals surface area contributed by atoms with Crippen molar-refractivity contribution < 1.29 is 23.1 Å². The molecule has 3 heterocycles. The largest absolute Gasteiger partial charge is 0.386 e. The van der Waals surface area contributed by atoms with Gasteiger partial charge in [-0.05, 0) is 43.5 Å². The van der Waals surface area contributed by atoms with Crippen LogP contribution < -0.4 is 10.6 Å². The number of hydrogen-bond donors (Lipinski definition) is 3. The fourth-order valence-electron chi connectivity index (χ4n) is 3.61. The summed E-state index contributed by atoms with van der Waals surface area (Å²) in [4.78, 5) is 18.4. The number of aromatic nitrogens is 1. The van der Waals surface area contributed by atoms with Gasteiger partial charge in [-0.25, -0.2) is 18.2 Å². The lowest BCUT2D eigenvalue weighted by atomic mass is 9.95. The number of rotatable bonds is 7.